The molecule has 4 aromatic rings. The van der Waals surface area contributed by atoms with Gasteiger partial charge in [0, 0.05) is 35.4 Å². The van der Waals surface area contributed by atoms with Gasteiger partial charge in [0.1, 0.15) is 11.5 Å². The van der Waals surface area contributed by atoms with Gasteiger partial charge >= 0.3 is 0 Å². The van der Waals surface area contributed by atoms with Crippen LogP contribution in [0.3, 0.4) is 0 Å². The molecule has 1 aromatic carbocycles. The van der Waals surface area contributed by atoms with Crippen LogP contribution in [0, 0.1) is 0 Å². The fourth-order valence-electron chi connectivity index (χ4n) is 3.12. The first-order valence-corrected chi connectivity index (χ1v) is 9.77. The maximum Gasteiger partial charge on any atom is 0.228 e. The second kappa shape index (κ2) is 7.86. The van der Waals surface area contributed by atoms with Crippen LogP contribution in [0.15, 0.2) is 53.1 Å². The lowest BCUT2D eigenvalue weighted by Gasteiger charge is -2.08. The minimum Gasteiger partial charge on any atom is -0.481 e. The van der Waals surface area contributed by atoms with Crippen molar-refractivity contribution in [1.82, 2.24) is 25.3 Å². The molecule has 0 radical (unpaired) electrons. The summed E-state index contributed by atoms with van der Waals surface area (Å²) in [5, 5.41) is 17.8. The maximum absolute atomic E-state index is 5.43. The molecular weight excluding hydrogens is 382 g/mol. The van der Waals surface area contributed by atoms with Gasteiger partial charge in [-0.3, -0.25) is 5.10 Å². The molecule has 1 fully saturated rings. The fourth-order valence-corrected chi connectivity index (χ4v) is 3.12. The van der Waals surface area contributed by atoms with Gasteiger partial charge in [-0.25, -0.2) is 0 Å². The van der Waals surface area contributed by atoms with E-state index < -0.39 is 0 Å². The SMILES string of the molecule is COc1cc(Nc2cc(C3CC3)[nH]n2)nc(NCc2cc(-c3ccccc3)no2)n1. The van der Waals surface area contributed by atoms with E-state index in [1.165, 1.54) is 12.8 Å². The molecule has 30 heavy (non-hydrogen) atoms. The molecule has 3 aromatic heterocycles. The van der Waals surface area contributed by atoms with Crippen molar-refractivity contribution in [3.63, 3.8) is 0 Å². The van der Waals surface area contributed by atoms with Crippen molar-refractivity contribution in [2.24, 2.45) is 0 Å². The number of hydrogen-bond acceptors (Lipinski definition) is 8. The van der Waals surface area contributed by atoms with Crippen LogP contribution in [-0.4, -0.2) is 32.4 Å². The Morgan fingerprint density at radius 1 is 1.10 bits per heavy atom. The summed E-state index contributed by atoms with van der Waals surface area (Å²) in [5.41, 5.74) is 2.93. The summed E-state index contributed by atoms with van der Waals surface area (Å²) < 4.78 is 10.7. The number of methoxy groups -OCH3 is 1. The van der Waals surface area contributed by atoms with E-state index in [0.29, 0.717) is 41.7 Å². The van der Waals surface area contributed by atoms with Crippen LogP contribution in [0.5, 0.6) is 5.88 Å². The van der Waals surface area contributed by atoms with Gasteiger partial charge in [0.05, 0.1) is 13.7 Å². The Morgan fingerprint density at radius 3 is 2.77 bits per heavy atom. The lowest BCUT2D eigenvalue weighted by atomic mass is 10.1. The quantitative estimate of drug-likeness (QED) is 0.403. The fraction of sp³-hybridized carbons (Fsp3) is 0.238. The summed E-state index contributed by atoms with van der Waals surface area (Å²) in [5.74, 6) is 3.43. The van der Waals surface area contributed by atoms with Crippen molar-refractivity contribution < 1.29 is 9.26 Å². The third kappa shape index (κ3) is 4.09. The lowest BCUT2D eigenvalue weighted by molar-refractivity contribution is 0.388. The van der Waals surface area contributed by atoms with Crippen LogP contribution in [0.4, 0.5) is 17.6 Å². The molecule has 3 heterocycles. The van der Waals surface area contributed by atoms with E-state index in [0.717, 1.165) is 17.0 Å². The first kappa shape index (κ1) is 18.2. The van der Waals surface area contributed by atoms with Crippen LogP contribution in [0.2, 0.25) is 0 Å². The van der Waals surface area contributed by atoms with E-state index in [2.05, 4.69) is 36.0 Å². The topological polar surface area (TPSA) is 114 Å². The number of rotatable bonds is 8. The minimum atomic E-state index is 0.390. The zero-order chi connectivity index (χ0) is 20.3. The van der Waals surface area contributed by atoms with E-state index in [4.69, 9.17) is 9.26 Å². The number of nitrogens with one attached hydrogen (secondary N) is 3. The van der Waals surface area contributed by atoms with Gasteiger partial charge in [-0.15, -0.1) is 0 Å². The Kier molecular flexibility index (Phi) is 4.76. The number of H-pyrrole nitrogens is 1. The summed E-state index contributed by atoms with van der Waals surface area (Å²) in [6, 6.07) is 15.5. The van der Waals surface area contributed by atoms with Crippen LogP contribution in [-0.2, 0) is 6.54 Å². The minimum absolute atomic E-state index is 0.390. The molecule has 0 bridgehead atoms. The highest BCUT2D eigenvalue weighted by Gasteiger charge is 2.25. The van der Waals surface area contributed by atoms with Crippen molar-refractivity contribution in [2.75, 3.05) is 17.7 Å². The van der Waals surface area contributed by atoms with Gasteiger partial charge in [0.15, 0.2) is 11.6 Å². The highest BCUT2D eigenvalue weighted by molar-refractivity contribution is 5.59. The molecule has 3 N–H and O–H groups in total. The molecule has 0 atom stereocenters. The van der Waals surface area contributed by atoms with E-state index in [-0.39, 0.29) is 0 Å². The van der Waals surface area contributed by atoms with Gasteiger partial charge < -0.3 is 19.9 Å². The van der Waals surface area contributed by atoms with Crippen molar-refractivity contribution in [3.8, 4) is 17.1 Å². The van der Waals surface area contributed by atoms with E-state index in [1.807, 2.05) is 42.5 Å². The number of nitrogens with zero attached hydrogens (tertiary/aromatic N) is 4. The standard InChI is InChI=1S/C21H21N7O2/c1-29-20-11-18(23-19-10-16(26-27-19)14-7-8-14)24-21(25-20)22-12-15-9-17(28-30-15)13-5-3-2-4-6-13/h2-6,9-11,14H,7-8,12H2,1H3,(H3,22,23,24,25,26,27). The molecule has 0 saturated heterocycles. The normalized spacial score (nSPS) is 13.2. The summed E-state index contributed by atoms with van der Waals surface area (Å²) in [7, 11) is 1.57. The van der Waals surface area contributed by atoms with Crippen LogP contribution >= 0.6 is 0 Å². The molecule has 1 aliphatic carbocycles. The second-order valence-electron chi connectivity index (χ2n) is 7.12. The van der Waals surface area contributed by atoms with Gasteiger partial charge in [-0.05, 0) is 12.8 Å². The average Bonchev–Trinajstić information content (AvgIpc) is 3.34. The molecule has 0 aliphatic heterocycles. The average molecular weight is 403 g/mol. The summed E-state index contributed by atoms with van der Waals surface area (Å²) in [4.78, 5) is 8.84. The number of aromatic nitrogens is 5. The predicted molar refractivity (Wildman–Crippen MR) is 112 cm³/mol. The molecule has 0 unspecified atom stereocenters. The zero-order valence-corrected chi connectivity index (χ0v) is 16.4. The summed E-state index contributed by atoms with van der Waals surface area (Å²) in [6.45, 7) is 0.390. The number of ether oxygens (including phenoxy) is 1. The first-order valence-electron chi connectivity index (χ1n) is 9.77. The molecule has 5 rings (SSSR count). The smallest absolute Gasteiger partial charge is 0.228 e. The number of benzene rings is 1. The van der Waals surface area contributed by atoms with Crippen LogP contribution in [0.25, 0.3) is 11.3 Å². The van der Waals surface area contributed by atoms with Crippen LogP contribution in [0.1, 0.15) is 30.2 Å². The lowest BCUT2D eigenvalue weighted by Crippen LogP contribution is -2.06. The Bertz CT molecular complexity index is 1140. The molecule has 9 heteroatoms. The highest BCUT2D eigenvalue weighted by Crippen LogP contribution is 2.39. The largest absolute Gasteiger partial charge is 0.481 e. The van der Waals surface area contributed by atoms with Crippen molar-refractivity contribution >= 4 is 17.6 Å². The van der Waals surface area contributed by atoms with E-state index in [1.54, 1.807) is 13.2 Å². The van der Waals surface area contributed by atoms with Gasteiger partial charge in [-0.1, -0.05) is 35.5 Å². The monoisotopic (exact) mass is 403 g/mol. The van der Waals surface area contributed by atoms with Crippen molar-refractivity contribution in [3.05, 3.63) is 60.0 Å². The summed E-state index contributed by atoms with van der Waals surface area (Å²) in [6.07, 6.45) is 2.43. The highest BCUT2D eigenvalue weighted by atomic mass is 16.5. The first-order chi connectivity index (χ1) is 14.8. The van der Waals surface area contributed by atoms with Crippen molar-refractivity contribution in [1.29, 1.82) is 0 Å². The van der Waals surface area contributed by atoms with E-state index in [9.17, 15) is 0 Å². The molecular formula is C21H21N7O2. The molecule has 0 amide bonds. The molecule has 9 nitrogen and oxygen atoms in total. The maximum atomic E-state index is 5.43. The number of anilines is 3. The third-order valence-electron chi connectivity index (χ3n) is 4.83. The second-order valence-corrected chi connectivity index (χ2v) is 7.12. The molecule has 0 spiro atoms. The molecule has 1 saturated carbocycles. The van der Waals surface area contributed by atoms with Gasteiger partial charge in [0.2, 0.25) is 11.8 Å². The molecule has 152 valence electrons. The number of hydrogen-bond donors (Lipinski definition) is 3. The molecule has 1 aliphatic rings. The third-order valence-corrected chi connectivity index (χ3v) is 4.83. The Labute approximate surface area is 172 Å². The van der Waals surface area contributed by atoms with Crippen LogP contribution < -0.4 is 15.4 Å². The Hall–Kier alpha value is -3.88. The number of aromatic amines is 1. The van der Waals surface area contributed by atoms with Crippen molar-refractivity contribution in [2.45, 2.75) is 25.3 Å². The summed E-state index contributed by atoms with van der Waals surface area (Å²) >= 11 is 0. The Morgan fingerprint density at radius 2 is 1.97 bits per heavy atom. The Balaban J connectivity index is 1.28. The van der Waals surface area contributed by atoms with Gasteiger partial charge in [-0.2, -0.15) is 15.1 Å². The predicted octanol–water partition coefficient (Wildman–Crippen LogP) is 4.10. The zero-order valence-electron chi connectivity index (χ0n) is 16.4. The van der Waals surface area contributed by atoms with E-state index >= 15 is 0 Å². The van der Waals surface area contributed by atoms with Gasteiger partial charge in [0.25, 0.3) is 0 Å².